The van der Waals surface area contributed by atoms with Gasteiger partial charge in [0.25, 0.3) is 0 Å². The predicted octanol–water partition coefficient (Wildman–Crippen LogP) is 0.876. The molecule has 1 unspecified atom stereocenters. The molecule has 94 valence electrons. The van der Waals surface area contributed by atoms with Crippen molar-refractivity contribution in [1.29, 1.82) is 0 Å². The Kier molecular flexibility index (Phi) is 3.63. The van der Waals surface area contributed by atoms with Crippen LogP contribution in [0.2, 0.25) is 0 Å². The fourth-order valence-corrected chi connectivity index (χ4v) is 1.65. The van der Waals surface area contributed by atoms with Crippen molar-refractivity contribution >= 4 is 5.97 Å². The Balaban J connectivity index is 3.16. The molecule has 0 heterocycles. The summed E-state index contributed by atoms with van der Waals surface area (Å²) in [6.45, 7) is 3.45. The van der Waals surface area contributed by atoms with E-state index in [2.05, 4.69) is 4.74 Å². The second-order valence-electron chi connectivity index (χ2n) is 4.42. The molecular weight excluding hydrogens is 222 g/mol. The van der Waals surface area contributed by atoms with Crippen LogP contribution in [0.25, 0.3) is 0 Å². The third-order valence-corrected chi connectivity index (χ3v) is 2.91. The molecule has 0 amide bonds. The third kappa shape index (κ3) is 2.50. The Bertz CT molecular complexity index is 429. The molecule has 1 atom stereocenters. The molecule has 1 aromatic rings. The van der Waals surface area contributed by atoms with E-state index in [1.54, 1.807) is 13.8 Å². The number of hydrogen-bond donors (Lipinski definition) is 3. The van der Waals surface area contributed by atoms with Crippen molar-refractivity contribution in [2.45, 2.75) is 25.3 Å². The van der Waals surface area contributed by atoms with Crippen molar-refractivity contribution < 1.29 is 19.7 Å². The van der Waals surface area contributed by atoms with Gasteiger partial charge in [-0.3, -0.25) is 4.79 Å². The number of rotatable bonds is 3. The topological polar surface area (TPSA) is 92.8 Å². The van der Waals surface area contributed by atoms with Gasteiger partial charge in [0.05, 0.1) is 7.11 Å². The summed E-state index contributed by atoms with van der Waals surface area (Å²) in [5, 5.41) is 19.0. The van der Waals surface area contributed by atoms with Crippen LogP contribution in [0.5, 0.6) is 11.5 Å². The highest BCUT2D eigenvalue weighted by Crippen LogP contribution is 2.35. The number of nitrogens with two attached hydrogens (primary N) is 1. The van der Waals surface area contributed by atoms with E-state index >= 15 is 0 Å². The molecule has 0 fully saturated rings. The maximum Gasteiger partial charge on any atom is 0.323 e. The number of phenolic OH excluding ortho intramolecular Hbond substituents is 2. The summed E-state index contributed by atoms with van der Waals surface area (Å²) in [7, 11) is 1.26. The Hall–Kier alpha value is -1.75. The van der Waals surface area contributed by atoms with Crippen LogP contribution in [0.3, 0.4) is 0 Å². The number of phenols is 2. The minimum absolute atomic E-state index is 0.0475. The van der Waals surface area contributed by atoms with Crippen LogP contribution in [0.4, 0.5) is 0 Å². The molecule has 0 saturated heterocycles. The van der Waals surface area contributed by atoms with E-state index < -0.39 is 17.4 Å². The van der Waals surface area contributed by atoms with Crippen LogP contribution in [0.1, 0.15) is 19.4 Å². The molecule has 0 radical (unpaired) electrons. The lowest BCUT2D eigenvalue weighted by Crippen LogP contribution is -2.47. The zero-order chi connectivity index (χ0) is 13.2. The highest BCUT2D eigenvalue weighted by atomic mass is 16.5. The minimum atomic E-state index is -0.900. The van der Waals surface area contributed by atoms with Crippen LogP contribution in [0.15, 0.2) is 18.2 Å². The first kappa shape index (κ1) is 13.3. The van der Waals surface area contributed by atoms with E-state index in [0.717, 1.165) is 0 Å². The maximum absolute atomic E-state index is 11.4. The fourth-order valence-electron chi connectivity index (χ4n) is 1.65. The number of esters is 1. The van der Waals surface area contributed by atoms with E-state index in [9.17, 15) is 15.0 Å². The van der Waals surface area contributed by atoms with Gasteiger partial charge in [0, 0.05) is 17.0 Å². The molecule has 4 N–H and O–H groups in total. The summed E-state index contributed by atoms with van der Waals surface area (Å²) < 4.78 is 4.59. The van der Waals surface area contributed by atoms with Gasteiger partial charge in [0.2, 0.25) is 0 Å². The molecule has 1 rings (SSSR count). The summed E-state index contributed by atoms with van der Waals surface area (Å²) in [6, 6.07) is 3.28. The molecular formula is C12H17NO4. The lowest BCUT2D eigenvalue weighted by atomic mass is 9.77. The van der Waals surface area contributed by atoms with Crippen molar-refractivity contribution in [2.24, 2.45) is 5.73 Å². The van der Waals surface area contributed by atoms with Crippen LogP contribution in [-0.4, -0.2) is 29.3 Å². The molecule has 1 aromatic carbocycles. The van der Waals surface area contributed by atoms with Crippen LogP contribution >= 0.6 is 0 Å². The van der Waals surface area contributed by atoms with Crippen molar-refractivity contribution in [3.63, 3.8) is 0 Å². The molecule has 5 nitrogen and oxygen atoms in total. The normalized spacial score (nSPS) is 13.2. The lowest BCUT2D eigenvalue weighted by Gasteiger charge is -2.30. The molecule has 0 spiro atoms. The van der Waals surface area contributed by atoms with Gasteiger partial charge in [-0.1, -0.05) is 19.9 Å². The van der Waals surface area contributed by atoms with E-state index in [4.69, 9.17) is 5.73 Å². The molecule has 5 heteroatoms. The van der Waals surface area contributed by atoms with Crippen molar-refractivity contribution in [3.05, 3.63) is 23.8 Å². The highest BCUT2D eigenvalue weighted by Gasteiger charge is 2.36. The summed E-state index contributed by atoms with van der Waals surface area (Å²) in [5.41, 5.74) is 5.48. The van der Waals surface area contributed by atoms with E-state index in [-0.39, 0.29) is 11.5 Å². The second kappa shape index (κ2) is 4.63. The Morgan fingerprint density at radius 1 is 1.41 bits per heavy atom. The van der Waals surface area contributed by atoms with Crippen LogP contribution in [0, 0.1) is 0 Å². The van der Waals surface area contributed by atoms with Crippen molar-refractivity contribution in [1.82, 2.24) is 0 Å². The monoisotopic (exact) mass is 239 g/mol. The molecule has 0 aliphatic carbocycles. The Morgan fingerprint density at radius 2 is 2.00 bits per heavy atom. The number of benzene rings is 1. The van der Waals surface area contributed by atoms with Gasteiger partial charge < -0.3 is 20.7 Å². The zero-order valence-electron chi connectivity index (χ0n) is 10.1. The number of carbonyl (C=O) groups excluding carboxylic acids is 1. The summed E-state index contributed by atoms with van der Waals surface area (Å²) >= 11 is 0. The van der Waals surface area contributed by atoms with E-state index in [1.165, 1.54) is 25.3 Å². The van der Waals surface area contributed by atoms with Crippen molar-refractivity contribution in [3.8, 4) is 11.5 Å². The molecule has 0 bridgehead atoms. The largest absolute Gasteiger partial charge is 0.508 e. The summed E-state index contributed by atoms with van der Waals surface area (Å²) in [6.07, 6.45) is 0. The van der Waals surface area contributed by atoms with Crippen molar-refractivity contribution in [2.75, 3.05) is 7.11 Å². The first-order chi connectivity index (χ1) is 7.80. The Labute approximate surface area is 99.8 Å². The highest BCUT2D eigenvalue weighted by molar-refractivity contribution is 5.78. The number of ether oxygens (including phenoxy) is 1. The minimum Gasteiger partial charge on any atom is -0.508 e. The van der Waals surface area contributed by atoms with Crippen LogP contribution in [-0.2, 0) is 14.9 Å². The molecule has 0 saturated carbocycles. The predicted molar refractivity (Wildman–Crippen MR) is 62.8 cm³/mol. The summed E-state index contributed by atoms with van der Waals surface area (Å²) in [4.78, 5) is 11.4. The average molecular weight is 239 g/mol. The van der Waals surface area contributed by atoms with Gasteiger partial charge in [-0.05, 0) is 6.07 Å². The molecule has 0 aromatic heterocycles. The smallest absolute Gasteiger partial charge is 0.323 e. The maximum atomic E-state index is 11.4. The third-order valence-electron chi connectivity index (χ3n) is 2.91. The lowest BCUT2D eigenvalue weighted by molar-refractivity contribution is -0.143. The van der Waals surface area contributed by atoms with Gasteiger partial charge in [-0.25, -0.2) is 0 Å². The van der Waals surface area contributed by atoms with Gasteiger partial charge in [-0.2, -0.15) is 0 Å². The van der Waals surface area contributed by atoms with E-state index in [1.807, 2.05) is 0 Å². The van der Waals surface area contributed by atoms with Gasteiger partial charge in [0.15, 0.2) is 0 Å². The number of aromatic hydroxyl groups is 2. The first-order valence-corrected chi connectivity index (χ1v) is 5.16. The molecule has 17 heavy (non-hydrogen) atoms. The van der Waals surface area contributed by atoms with Gasteiger partial charge in [-0.15, -0.1) is 0 Å². The average Bonchev–Trinajstić information content (AvgIpc) is 2.26. The number of methoxy groups -OCH3 is 1. The second-order valence-corrected chi connectivity index (χ2v) is 4.42. The number of carbonyl (C=O) groups is 1. The fraction of sp³-hybridized carbons (Fsp3) is 0.417. The number of hydrogen-bond acceptors (Lipinski definition) is 5. The molecule has 0 aliphatic heterocycles. The van der Waals surface area contributed by atoms with Gasteiger partial charge >= 0.3 is 5.97 Å². The standard InChI is InChI=1S/C12H17NO4/c1-12(2,10(13)11(16)17-3)8-5-4-7(14)6-9(8)15/h4-6,10,14-15H,13H2,1-3H3. The van der Waals surface area contributed by atoms with Crippen LogP contribution < -0.4 is 5.73 Å². The summed E-state index contributed by atoms with van der Waals surface area (Å²) in [5.74, 6) is -0.703. The van der Waals surface area contributed by atoms with E-state index in [0.29, 0.717) is 5.56 Å². The first-order valence-electron chi connectivity index (χ1n) is 5.16. The molecule has 0 aliphatic rings. The zero-order valence-corrected chi connectivity index (χ0v) is 10.1. The SMILES string of the molecule is COC(=O)C(N)C(C)(C)c1ccc(O)cc1O. The Morgan fingerprint density at radius 3 is 2.47 bits per heavy atom. The quantitative estimate of drug-likeness (QED) is 0.681. The van der Waals surface area contributed by atoms with Gasteiger partial charge in [0.1, 0.15) is 17.5 Å².